The number of hydrogen-bond donors (Lipinski definition) is 1. The Morgan fingerprint density at radius 3 is 2.85 bits per heavy atom. The van der Waals surface area contributed by atoms with Crippen LogP contribution in [0.4, 0.5) is 0 Å². The van der Waals surface area contributed by atoms with E-state index in [1.165, 1.54) is 0 Å². The van der Waals surface area contributed by atoms with Crippen LogP contribution in [-0.2, 0) is 6.54 Å². The Bertz CT molecular complexity index is 245. The lowest BCUT2D eigenvalue weighted by atomic mass is 10.2. The average Bonchev–Trinajstić information content (AvgIpc) is 2.54. The number of imidazole rings is 1. The Hall–Kier alpha value is -0.830. The van der Waals surface area contributed by atoms with E-state index in [4.69, 9.17) is 0 Å². The Morgan fingerprint density at radius 1 is 1.46 bits per heavy atom. The highest BCUT2D eigenvalue weighted by Crippen LogP contribution is 2.16. The van der Waals surface area contributed by atoms with Crippen molar-refractivity contribution in [2.24, 2.45) is 0 Å². The molecule has 0 aliphatic heterocycles. The number of aliphatic hydroxyl groups excluding tert-OH is 1. The van der Waals surface area contributed by atoms with Crippen LogP contribution in [0.25, 0.3) is 0 Å². The van der Waals surface area contributed by atoms with Gasteiger partial charge in [-0.3, -0.25) is 0 Å². The van der Waals surface area contributed by atoms with Crippen LogP contribution in [0.3, 0.4) is 0 Å². The van der Waals surface area contributed by atoms with E-state index in [0.717, 1.165) is 31.6 Å². The molecule has 0 bridgehead atoms. The molecule has 1 heterocycles. The summed E-state index contributed by atoms with van der Waals surface area (Å²) >= 11 is 0. The van der Waals surface area contributed by atoms with Gasteiger partial charge in [0.1, 0.15) is 11.9 Å². The van der Waals surface area contributed by atoms with E-state index in [0.29, 0.717) is 0 Å². The molecule has 0 aliphatic carbocycles. The van der Waals surface area contributed by atoms with Crippen molar-refractivity contribution in [2.45, 2.75) is 45.8 Å². The summed E-state index contributed by atoms with van der Waals surface area (Å²) in [5.74, 6) is 0.809. The standard InChI is InChI=1S/C10H18N2O/c1-3-5-9(13)10-11-6-8-12(10)7-4-2/h6,8-9,13H,3-5,7H2,1-2H3. The third kappa shape index (κ3) is 2.56. The quantitative estimate of drug-likeness (QED) is 0.757. The third-order valence-corrected chi connectivity index (χ3v) is 2.07. The molecule has 0 aliphatic rings. The van der Waals surface area contributed by atoms with Gasteiger partial charge in [0.25, 0.3) is 0 Å². The molecule has 1 atom stereocenters. The smallest absolute Gasteiger partial charge is 0.137 e. The molecule has 0 radical (unpaired) electrons. The number of rotatable bonds is 5. The van der Waals surface area contributed by atoms with Crippen LogP contribution >= 0.6 is 0 Å². The van der Waals surface area contributed by atoms with Crippen molar-refractivity contribution < 1.29 is 5.11 Å². The highest BCUT2D eigenvalue weighted by atomic mass is 16.3. The summed E-state index contributed by atoms with van der Waals surface area (Å²) in [5.41, 5.74) is 0. The summed E-state index contributed by atoms with van der Waals surface area (Å²) in [6.07, 6.45) is 6.14. The molecule has 1 rings (SSSR count). The van der Waals surface area contributed by atoms with Crippen LogP contribution < -0.4 is 0 Å². The van der Waals surface area contributed by atoms with Gasteiger partial charge < -0.3 is 9.67 Å². The van der Waals surface area contributed by atoms with E-state index in [2.05, 4.69) is 18.8 Å². The predicted octanol–water partition coefficient (Wildman–Crippen LogP) is 2.13. The molecule has 0 saturated heterocycles. The Morgan fingerprint density at radius 2 is 2.23 bits per heavy atom. The SMILES string of the molecule is CCCC(O)c1nccn1CCC. The Kier molecular flexibility index (Phi) is 3.96. The molecule has 1 aromatic heterocycles. The fourth-order valence-electron chi connectivity index (χ4n) is 1.45. The monoisotopic (exact) mass is 182 g/mol. The number of aryl methyl sites for hydroxylation is 1. The van der Waals surface area contributed by atoms with Crippen molar-refractivity contribution >= 4 is 0 Å². The molecule has 0 amide bonds. The Balaban J connectivity index is 2.68. The molecule has 0 fully saturated rings. The first-order valence-corrected chi connectivity index (χ1v) is 4.98. The molecular weight excluding hydrogens is 164 g/mol. The van der Waals surface area contributed by atoms with Gasteiger partial charge >= 0.3 is 0 Å². The minimum atomic E-state index is -0.397. The van der Waals surface area contributed by atoms with Gasteiger partial charge in [-0.05, 0) is 12.8 Å². The maximum absolute atomic E-state index is 9.73. The summed E-state index contributed by atoms with van der Waals surface area (Å²) in [5, 5.41) is 9.73. The van der Waals surface area contributed by atoms with Gasteiger partial charge in [-0.25, -0.2) is 4.98 Å². The number of aromatic nitrogens is 2. The van der Waals surface area contributed by atoms with E-state index in [1.54, 1.807) is 6.20 Å². The summed E-state index contributed by atoms with van der Waals surface area (Å²) in [7, 11) is 0. The first kappa shape index (κ1) is 10.3. The summed E-state index contributed by atoms with van der Waals surface area (Å²) in [6.45, 7) is 5.13. The van der Waals surface area contributed by atoms with Crippen LogP contribution in [0.15, 0.2) is 12.4 Å². The molecule has 3 heteroatoms. The molecule has 0 spiro atoms. The zero-order chi connectivity index (χ0) is 9.68. The molecule has 1 unspecified atom stereocenters. The molecular formula is C10H18N2O. The van der Waals surface area contributed by atoms with Gasteiger partial charge in [-0.1, -0.05) is 20.3 Å². The van der Waals surface area contributed by atoms with Gasteiger partial charge in [0.15, 0.2) is 0 Å². The highest BCUT2D eigenvalue weighted by molar-refractivity contribution is 4.96. The van der Waals surface area contributed by atoms with Crippen LogP contribution in [0, 0.1) is 0 Å². The van der Waals surface area contributed by atoms with E-state index >= 15 is 0 Å². The third-order valence-electron chi connectivity index (χ3n) is 2.07. The van der Waals surface area contributed by atoms with Crippen molar-refractivity contribution in [3.05, 3.63) is 18.2 Å². The maximum Gasteiger partial charge on any atom is 0.137 e. The van der Waals surface area contributed by atoms with Gasteiger partial charge in [0, 0.05) is 18.9 Å². The molecule has 0 saturated carbocycles. The molecule has 1 aromatic rings. The van der Waals surface area contributed by atoms with E-state index in [9.17, 15) is 5.11 Å². The minimum absolute atomic E-state index is 0.397. The maximum atomic E-state index is 9.73. The lowest BCUT2D eigenvalue weighted by Crippen LogP contribution is -2.08. The van der Waals surface area contributed by atoms with Gasteiger partial charge in [-0.2, -0.15) is 0 Å². The number of aliphatic hydroxyl groups is 1. The van der Waals surface area contributed by atoms with Crippen molar-refractivity contribution in [3.63, 3.8) is 0 Å². The Labute approximate surface area is 79.4 Å². The molecule has 74 valence electrons. The average molecular weight is 182 g/mol. The van der Waals surface area contributed by atoms with Crippen molar-refractivity contribution in [2.75, 3.05) is 0 Å². The van der Waals surface area contributed by atoms with Crippen molar-refractivity contribution in [1.29, 1.82) is 0 Å². The lowest BCUT2D eigenvalue weighted by molar-refractivity contribution is 0.152. The van der Waals surface area contributed by atoms with Gasteiger partial charge in [0.05, 0.1) is 0 Å². The zero-order valence-electron chi connectivity index (χ0n) is 8.40. The van der Waals surface area contributed by atoms with Crippen LogP contribution in [0.1, 0.15) is 45.0 Å². The largest absolute Gasteiger partial charge is 0.385 e. The second-order valence-electron chi connectivity index (χ2n) is 3.28. The summed E-state index contributed by atoms with van der Waals surface area (Å²) in [6, 6.07) is 0. The van der Waals surface area contributed by atoms with E-state index in [1.807, 2.05) is 10.8 Å². The topological polar surface area (TPSA) is 38.1 Å². The minimum Gasteiger partial charge on any atom is -0.385 e. The zero-order valence-corrected chi connectivity index (χ0v) is 8.40. The fraction of sp³-hybridized carbons (Fsp3) is 0.700. The molecule has 13 heavy (non-hydrogen) atoms. The summed E-state index contributed by atoms with van der Waals surface area (Å²) in [4.78, 5) is 4.17. The second-order valence-corrected chi connectivity index (χ2v) is 3.28. The molecule has 0 aromatic carbocycles. The second kappa shape index (κ2) is 5.02. The van der Waals surface area contributed by atoms with Gasteiger partial charge in [0.2, 0.25) is 0 Å². The summed E-state index contributed by atoms with van der Waals surface area (Å²) < 4.78 is 2.03. The number of hydrogen-bond acceptors (Lipinski definition) is 2. The van der Waals surface area contributed by atoms with E-state index in [-0.39, 0.29) is 0 Å². The molecule has 1 N–H and O–H groups in total. The van der Waals surface area contributed by atoms with Crippen LogP contribution in [0.5, 0.6) is 0 Å². The van der Waals surface area contributed by atoms with Gasteiger partial charge in [-0.15, -0.1) is 0 Å². The predicted molar refractivity (Wildman–Crippen MR) is 52.4 cm³/mol. The first-order chi connectivity index (χ1) is 6.29. The van der Waals surface area contributed by atoms with Crippen LogP contribution in [-0.4, -0.2) is 14.7 Å². The van der Waals surface area contributed by atoms with Crippen molar-refractivity contribution in [1.82, 2.24) is 9.55 Å². The van der Waals surface area contributed by atoms with Crippen molar-refractivity contribution in [3.8, 4) is 0 Å². The first-order valence-electron chi connectivity index (χ1n) is 4.98. The van der Waals surface area contributed by atoms with E-state index < -0.39 is 6.10 Å². The normalized spacial score (nSPS) is 13.2. The lowest BCUT2D eigenvalue weighted by Gasteiger charge is -2.11. The fourth-order valence-corrected chi connectivity index (χ4v) is 1.45. The highest BCUT2D eigenvalue weighted by Gasteiger charge is 2.11. The number of nitrogens with zero attached hydrogens (tertiary/aromatic N) is 2. The van der Waals surface area contributed by atoms with Crippen LogP contribution in [0.2, 0.25) is 0 Å². The molecule has 3 nitrogen and oxygen atoms in total.